The number of nitrogens with zero attached hydrogens (tertiary/aromatic N) is 1. The predicted molar refractivity (Wildman–Crippen MR) is 146 cm³/mol. The molecule has 166 valence electrons. The molecule has 0 aliphatic heterocycles. The molecule has 0 spiro atoms. The normalized spacial score (nSPS) is 10.8. The van der Waals surface area contributed by atoms with E-state index in [0.717, 1.165) is 17.1 Å². The van der Waals surface area contributed by atoms with Crippen LogP contribution in [-0.2, 0) is 0 Å². The van der Waals surface area contributed by atoms with Crippen LogP contribution >= 0.6 is 0 Å². The number of anilines is 3. The van der Waals surface area contributed by atoms with Gasteiger partial charge in [0.25, 0.3) is 0 Å². The van der Waals surface area contributed by atoms with Gasteiger partial charge in [0.2, 0.25) is 0 Å². The SMILES string of the molecule is Cc1ccc(-c2ccc(-c3ccc(N(c4ccc(C)cc4)c4ccc(C)cc4)cc3)cc2)cc1. The molecule has 5 rings (SSSR count). The van der Waals surface area contributed by atoms with E-state index in [0.29, 0.717) is 0 Å². The standard InChI is InChI=1S/C33H29N/c1-24-4-10-27(11-5-24)28-12-14-29(15-13-28)30-16-22-33(23-17-30)34(31-18-6-25(2)7-19-31)32-20-8-26(3)9-21-32/h4-23H,1-3H3. The molecule has 0 saturated carbocycles. The summed E-state index contributed by atoms with van der Waals surface area (Å²) in [6, 6.07) is 43.8. The summed E-state index contributed by atoms with van der Waals surface area (Å²) in [6.45, 7) is 6.37. The van der Waals surface area contributed by atoms with Crippen molar-refractivity contribution in [2.45, 2.75) is 20.8 Å². The summed E-state index contributed by atoms with van der Waals surface area (Å²) >= 11 is 0. The monoisotopic (exact) mass is 439 g/mol. The van der Waals surface area contributed by atoms with E-state index in [9.17, 15) is 0 Å². The van der Waals surface area contributed by atoms with Crippen LogP contribution in [0.25, 0.3) is 22.3 Å². The first-order valence-corrected chi connectivity index (χ1v) is 11.8. The Labute approximate surface area is 203 Å². The van der Waals surface area contributed by atoms with Crippen molar-refractivity contribution in [3.63, 3.8) is 0 Å². The van der Waals surface area contributed by atoms with Crippen molar-refractivity contribution < 1.29 is 0 Å². The quantitative estimate of drug-likeness (QED) is 0.263. The van der Waals surface area contributed by atoms with Gasteiger partial charge < -0.3 is 4.90 Å². The van der Waals surface area contributed by atoms with Crippen LogP contribution in [0.5, 0.6) is 0 Å². The lowest BCUT2D eigenvalue weighted by Gasteiger charge is -2.26. The Bertz CT molecular complexity index is 1310. The van der Waals surface area contributed by atoms with Gasteiger partial charge in [-0.05, 0) is 79.4 Å². The Morgan fingerprint density at radius 3 is 0.824 bits per heavy atom. The first-order valence-electron chi connectivity index (χ1n) is 11.8. The van der Waals surface area contributed by atoms with Gasteiger partial charge in [0.1, 0.15) is 0 Å². The average molecular weight is 440 g/mol. The summed E-state index contributed by atoms with van der Waals surface area (Å²) in [7, 11) is 0. The first-order chi connectivity index (χ1) is 16.6. The highest BCUT2D eigenvalue weighted by Crippen LogP contribution is 2.36. The molecule has 5 aromatic carbocycles. The maximum absolute atomic E-state index is 2.31. The molecule has 0 radical (unpaired) electrons. The summed E-state index contributed by atoms with van der Waals surface area (Å²) in [5.41, 5.74) is 12.2. The summed E-state index contributed by atoms with van der Waals surface area (Å²) in [4.78, 5) is 2.31. The van der Waals surface area contributed by atoms with Crippen LogP contribution in [0.3, 0.4) is 0 Å². The molecular formula is C33H29N. The molecule has 0 aliphatic rings. The molecule has 0 aromatic heterocycles. The minimum Gasteiger partial charge on any atom is -0.311 e. The maximum atomic E-state index is 2.31. The van der Waals surface area contributed by atoms with E-state index in [1.54, 1.807) is 0 Å². The Morgan fingerprint density at radius 1 is 0.294 bits per heavy atom. The Morgan fingerprint density at radius 2 is 0.500 bits per heavy atom. The smallest absolute Gasteiger partial charge is 0.0462 e. The molecule has 0 N–H and O–H groups in total. The third-order valence-corrected chi connectivity index (χ3v) is 6.31. The van der Waals surface area contributed by atoms with E-state index >= 15 is 0 Å². The van der Waals surface area contributed by atoms with Gasteiger partial charge in [-0.1, -0.05) is 102 Å². The number of benzene rings is 5. The van der Waals surface area contributed by atoms with Crippen LogP contribution in [0.1, 0.15) is 16.7 Å². The molecule has 1 heteroatoms. The average Bonchev–Trinajstić information content (AvgIpc) is 2.88. The zero-order chi connectivity index (χ0) is 23.5. The fraction of sp³-hybridized carbons (Fsp3) is 0.0909. The van der Waals surface area contributed by atoms with Gasteiger partial charge in [-0.25, -0.2) is 0 Å². The second-order valence-electron chi connectivity index (χ2n) is 9.00. The predicted octanol–water partition coefficient (Wildman–Crippen LogP) is 9.42. The molecule has 34 heavy (non-hydrogen) atoms. The van der Waals surface area contributed by atoms with Gasteiger partial charge in [-0.15, -0.1) is 0 Å². The van der Waals surface area contributed by atoms with Crippen LogP contribution in [-0.4, -0.2) is 0 Å². The van der Waals surface area contributed by atoms with Crippen molar-refractivity contribution in [1.82, 2.24) is 0 Å². The highest BCUT2D eigenvalue weighted by molar-refractivity contribution is 5.79. The van der Waals surface area contributed by atoms with Gasteiger partial charge in [0.05, 0.1) is 0 Å². The Hall–Kier alpha value is -4.10. The van der Waals surface area contributed by atoms with Crippen LogP contribution in [0.4, 0.5) is 17.1 Å². The Kier molecular flexibility index (Phi) is 6.01. The molecule has 1 nitrogen and oxygen atoms in total. The van der Waals surface area contributed by atoms with Gasteiger partial charge >= 0.3 is 0 Å². The van der Waals surface area contributed by atoms with E-state index in [1.807, 2.05) is 0 Å². The van der Waals surface area contributed by atoms with Crippen molar-refractivity contribution in [3.8, 4) is 22.3 Å². The topological polar surface area (TPSA) is 3.24 Å². The van der Waals surface area contributed by atoms with Crippen LogP contribution in [0, 0.1) is 20.8 Å². The second-order valence-corrected chi connectivity index (χ2v) is 9.00. The molecule has 0 unspecified atom stereocenters. The zero-order valence-electron chi connectivity index (χ0n) is 20.0. The Balaban J connectivity index is 1.45. The van der Waals surface area contributed by atoms with E-state index in [-0.39, 0.29) is 0 Å². The maximum Gasteiger partial charge on any atom is 0.0462 e. The highest BCUT2D eigenvalue weighted by Gasteiger charge is 2.12. The summed E-state index contributed by atoms with van der Waals surface area (Å²) in [6.07, 6.45) is 0. The van der Waals surface area contributed by atoms with E-state index in [1.165, 1.54) is 38.9 Å². The molecular weight excluding hydrogens is 410 g/mol. The summed E-state index contributed by atoms with van der Waals surface area (Å²) in [5.74, 6) is 0. The van der Waals surface area contributed by atoms with E-state index in [4.69, 9.17) is 0 Å². The molecule has 0 heterocycles. The van der Waals surface area contributed by atoms with Gasteiger partial charge in [0, 0.05) is 17.1 Å². The number of aryl methyl sites for hydroxylation is 3. The lowest BCUT2D eigenvalue weighted by atomic mass is 9.99. The molecule has 0 amide bonds. The molecule has 5 aromatic rings. The van der Waals surface area contributed by atoms with Crippen LogP contribution < -0.4 is 4.90 Å². The highest BCUT2D eigenvalue weighted by atomic mass is 15.1. The van der Waals surface area contributed by atoms with Crippen molar-refractivity contribution in [2.24, 2.45) is 0 Å². The fourth-order valence-electron chi connectivity index (χ4n) is 4.24. The lowest BCUT2D eigenvalue weighted by molar-refractivity contribution is 1.27. The van der Waals surface area contributed by atoms with Crippen LogP contribution in [0.2, 0.25) is 0 Å². The van der Waals surface area contributed by atoms with Crippen LogP contribution in [0.15, 0.2) is 121 Å². The first kappa shape index (κ1) is 21.7. The minimum atomic E-state index is 1.15. The van der Waals surface area contributed by atoms with Crippen molar-refractivity contribution >= 4 is 17.1 Å². The fourth-order valence-corrected chi connectivity index (χ4v) is 4.24. The zero-order valence-corrected chi connectivity index (χ0v) is 20.0. The van der Waals surface area contributed by atoms with Crippen molar-refractivity contribution in [3.05, 3.63) is 138 Å². The summed E-state index contributed by atoms with van der Waals surface area (Å²) in [5, 5.41) is 0. The molecule has 0 saturated heterocycles. The third kappa shape index (κ3) is 4.65. The van der Waals surface area contributed by atoms with E-state index < -0.39 is 0 Å². The molecule has 0 fully saturated rings. The molecule has 0 atom stereocenters. The minimum absolute atomic E-state index is 1.15. The van der Waals surface area contributed by atoms with Crippen molar-refractivity contribution in [2.75, 3.05) is 4.90 Å². The number of hydrogen-bond acceptors (Lipinski definition) is 1. The third-order valence-electron chi connectivity index (χ3n) is 6.31. The van der Waals surface area contributed by atoms with Gasteiger partial charge in [0.15, 0.2) is 0 Å². The van der Waals surface area contributed by atoms with Gasteiger partial charge in [-0.3, -0.25) is 0 Å². The second kappa shape index (κ2) is 9.41. The lowest BCUT2D eigenvalue weighted by Crippen LogP contribution is -2.09. The van der Waals surface area contributed by atoms with Crippen molar-refractivity contribution in [1.29, 1.82) is 0 Å². The summed E-state index contributed by atoms with van der Waals surface area (Å²) < 4.78 is 0. The van der Waals surface area contributed by atoms with Gasteiger partial charge in [-0.2, -0.15) is 0 Å². The number of hydrogen-bond donors (Lipinski definition) is 0. The molecule has 0 bridgehead atoms. The molecule has 0 aliphatic carbocycles. The number of rotatable bonds is 5. The largest absolute Gasteiger partial charge is 0.311 e. The van der Waals surface area contributed by atoms with E-state index in [2.05, 4.69) is 147 Å².